The minimum atomic E-state index is -0.844. The third kappa shape index (κ3) is 5.20. The van der Waals surface area contributed by atoms with E-state index in [1.165, 1.54) is 0 Å². The molecule has 0 rings (SSSR count). The van der Waals surface area contributed by atoms with Crippen molar-refractivity contribution in [2.75, 3.05) is 0 Å². The molecule has 0 aliphatic rings. The molecule has 0 heterocycles. The average molecular weight is 104 g/mol. The van der Waals surface area contributed by atoms with Crippen LogP contribution in [0.15, 0.2) is 0 Å². The van der Waals surface area contributed by atoms with E-state index < -0.39 is 5.09 Å². The summed E-state index contributed by atoms with van der Waals surface area (Å²) in [6.45, 7) is 2.88. The predicted octanol–water partition coefficient (Wildman–Crippen LogP) is 0.766. The Morgan fingerprint density at radius 3 is 2.71 bits per heavy atom. The smallest absolute Gasteiger partial charge is 0.294 e. The van der Waals surface area contributed by atoms with Gasteiger partial charge in [-0.1, -0.05) is 6.92 Å². The highest BCUT2D eigenvalue weighted by Gasteiger charge is 1.88. The van der Waals surface area contributed by atoms with Crippen LogP contribution in [0, 0.1) is 16.7 Å². The maximum Gasteiger partial charge on any atom is 0.294 e. The summed E-state index contributed by atoms with van der Waals surface area (Å²) in [7, 11) is 0. The zero-order valence-electron chi connectivity index (χ0n) is 3.96. The third-order valence-electron chi connectivity index (χ3n) is 0.327. The van der Waals surface area contributed by atoms with Crippen LogP contribution in [0.4, 0.5) is 0 Å². The van der Waals surface area contributed by atoms with Crippen molar-refractivity contribution < 1.29 is 9.92 Å². The van der Waals surface area contributed by atoms with E-state index in [-0.39, 0.29) is 0 Å². The van der Waals surface area contributed by atoms with Gasteiger partial charge in [0.25, 0.3) is 5.09 Å². The highest BCUT2D eigenvalue weighted by atomic mass is 16.9. The molecule has 0 N–H and O–H groups in total. The SMILES string of the molecule is CC[CH]O[N+](=O)[O-]. The van der Waals surface area contributed by atoms with Crippen LogP contribution in [0.1, 0.15) is 13.3 Å². The zero-order valence-corrected chi connectivity index (χ0v) is 3.96. The van der Waals surface area contributed by atoms with Crippen LogP contribution in [0.5, 0.6) is 0 Å². The monoisotopic (exact) mass is 104 g/mol. The van der Waals surface area contributed by atoms with Crippen LogP contribution in [0.2, 0.25) is 0 Å². The van der Waals surface area contributed by atoms with Gasteiger partial charge in [-0.25, -0.2) is 0 Å². The lowest BCUT2D eigenvalue weighted by molar-refractivity contribution is -0.746. The largest absolute Gasteiger partial charge is 0.308 e. The summed E-state index contributed by atoms with van der Waals surface area (Å²) in [6, 6.07) is 0. The van der Waals surface area contributed by atoms with E-state index in [0.717, 1.165) is 6.61 Å². The van der Waals surface area contributed by atoms with Gasteiger partial charge >= 0.3 is 0 Å². The molecule has 0 spiro atoms. The van der Waals surface area contributed by atoms with Crippen molar-refractivity contribution in [3.63, 3.8) is 0 Å². The Bertz CT molecular complexity index is 63.2. The Morgan fingerprint density at radius 2 is 2.57 bits per heavy atom. The van der Waals surface area contributed by atoms with Crippen molar-refractivity contribution in [3.05, 3.63) is 16.7 Å². The Labute approximate surface area is 41.2 Å². The fraction of sp³-hybridized carbons (Fsp3) is 0.667. The van der Waals surface area contributed by atoms with Gasteiger partial charge in [0.15, 0.2) is 0 Å². The average Bonchev–Trinajstić information content (AvgIpc) is 1.61. The van der Waals surface area contributed by atoms with Crippen LogP contribution < -0.4 is 0 Å². The van der Waals surface area contributed by atoms with Gasteiger partial charge in [-0.3, -0.25) is 0 Å². The fourth-order valence-electron chi connectivity index (χ4n) is 0.135. The molecule has 0 aromatic heterocycles. The first-order valence-electron chi connectivity index (χ1n) is 1.90. The molecular weight excluding hydrogens is 98.0 g/mol. The Balaban J connectivity index is 2.82. The molecule has 4 heteroatoms. The molecular formula is C3H6NO3. The summed E-state index contributed by atoms with van der Waals surface area (Å²) in [5, 5.41) is 8.47. The molecule has 4 nitrogen and oxygen atoms in total. The third-order valence-corrected chi connectivity index (χ3v) is 0.327. The van der Waals surface area contributed by atoms with Crippen LogP contribution in [-0.4, -0.2) is 5.09 Å². The van der Waals surface area contributed by atoms with Crippen LogP contribution in [-0.2, 0) is 4.84 Å². The quantitative estimate of drug-likeness (QED) is 0.392. The summed E-state index contributed by atoms with van der Waals surface area (Å²) < 4.78 is 0. The van der Waals surface area contributed by atoms with E-state index in [4.69, 9.17) is 0 Å². The Morgan fingerprint density at radius 1 is 2.00 bits per heavy atom. The van der Waals surface area contributed by atoms with Crippen molar-refractivity contribution in [3.8, 4) is 0 Å². The molecule has 0 saturated carbocycles. The lowest BCUT2D eigenvalue weighted by atomic mass is 10.5. The predicted molar refractivity (Wildman–Crippen MR) is 22.7 cm³/mol. The summed E-state index contributed by atoms with van der Waals surface area (Å²) in [6.07, 6.45) is 0.557. The minimum Gasteiger partial charge on any atom is -0.308 e. The lowest BCUT2D eigenvalue weighted by Gasteiger charge is -1.87. The maximum atomic E-state index is 9.31. The van der Waals surface area contributed by atoms with Crippen molar-refractivity contribution >= 4 is 0 Å². The molecule has 0 fully saturated rings. The van der Waals surface area contributed by atoms with E-state index in [9.17, 15) is 10.1 Å². The Kier molecular flexibility index (Phi) is 3.00. The number of hydrogen-bond acceptors (Lipinski definition) is 3. The van der Waals surface area contributed by atoms with Crippen molar-refractivity contribution in [1.82, 2.24) is 0 Å². The van der Waals surface area contributed by atoms with Gasteiger partial charge in [-0.2, -0.15) is 0 Å². The standard InChI is InChI=1S/C3H6NO3/c1-2-3-7-4(5)6/h3H,2H2,1H3. The molecule has 0 aromatic carbocycles. The molecule has 0 unspecified atom stereocenters. The molecule has 41 valence electrons. The molecule has 0 saturated heterocycles. The van der Waals surface area contributed by atoms with Gasteiger partial charge in [-0.05, 0) is 6.42 Å². The summed E-state index contributed by atoms with van der Waals surface area (Å²) >= 11 is 0. The second-order valence-corrected chi connectivity index (χ2v) is 0.904. The molecule has 7 heavy (non-hydrogen) atoms. The minimum absolute atomic E-state index is 0.557. The van der Waals surface area contributed by atoms with E-state index >= 15 is 0 Å². The summed E-state index contributed by atoms with van der Waals surface area (Å²) in [5.74, 6) is 0. The first-order chi connectivity index (χ1) is 3.27. The molecule has 0 aliphatic carbocycles. The van der Waals surface area contributed by atoms with E-state index in [0.29, 0.717) is 6.42 Å². The normalized spacial score (nSPS) is 8.14. The number of nitrogens with zero attached hydrogens (tertiary/aromatic N) is 1. The zero-order chi connectivity index (χ0) is 5.70. The molecule has 0 bridgehead atoms. The van der Waals surface area contributed by atoms with Gasteiger partial charge in [0.1, 0.15) is 6.61 Å². The van der Waals surface area contributed by atoms with Gasteiger partial charge in [0.05, 0.1) is 0 Å². The second-order valence-electron chi connectivity index (χ2n) is 0.904. The van der Waals surface area contributed by atoms with Gasteiger partial charge in [-0.15, -0.1) is 10.1 Å². The first kappa shape index (κ1) is 6.20. The summed E-state index contributed by atoms with van der Waals surface area (Å²) in [4.78, 5) is 13.1. The first-order valence-corrected chi connectivity index (χ1v) is 1.90. The van der Waals surface area contributed by atoms with Crippen molar-refractivity contribution in [2.45, 2.75) is 13.3 Å². The number of hydrogen-bond donors (Lipinski definition) is 0. The van der Waals surface area contributed by atoms with Gasteiger partial charge < -0.3 is 4.84 Å². The van der Waals surface area contributed by atoms with Crippen LogP contribution in [0.3, 0.4) is 0 Å². The molecule has 1 radical (unpaired) electrons. The molecule has 0 aromatic rings. The van der Waals surface area contributed by atoms with Crippen LogP contribution in [0.25, 0.3) is 0 Å². The van der Waals surface area contributed by atoms with Crippen molar-refractivity contribution in [1.29, 1.82) is 0 Å². The highest BCUT2D eigenvalue weighted by Crippen LogP contribution is 1.84. The van der Waals surface area contributed by atoms with Gasteiger partial charge in [0, 0.05) is 0 Å². The second kappa shape index (κ2) is 3.39. The van der Waals surface area contributed by atoms with E-state index in [2.05, 4.69) is 4.84 Å². The topological polar surface area (TPSA) is 52.4 Å². The van der Waals surface area contributed by atoms with E-state index in [1.807, 2.05) is 0 Å². The van der Waals surface area contributed by atoms with Crippen molar-refractivity contribution in [2.24, 2.45) is 0 Å². The fourth-order valence-corrected chi connectivity index (χ4v) is 0.135. The summed E-state index contributed by atoms with van der Waals surface area (Å²) in [5.41, 5.74) is 0. The highest BCUT2D eigenvalue weighted by molar-refractivity contribution is 4.36. The van der Waals surface area contributed by atoms with E-state index in [1.54, 1.807) is 6.92 Å². The molecule has 0 aliphatic heterocycles. The Hall–Kier alpha value is -0.800. The molecule has 0 amide bonds. The number of rotatable bonds is 3. The lowest BCUT2D eigenvalue weighted by Crippen LogP contribution is -1.95. The maximum absolute atomic E-state index is 9.31. The van der Waals surface area contributed by atoms with Crippen LogP contribution >= 0.6 is 0 Å². The molecule has 0 atom stereocenters. The van der Waals surface area contributed by atoms with Gasteiger partial charge in [0.2, 0.25) is 0 Å².